The summed E-state index contributed by atoms with van der Waals surface area (Å²) < 4.78 is 1.74. The Kier molecular flexibility index (Phi) is 7.93. The van der Waals surface area contributed by atoms with Crippen LogP contribution in [-0.2, 0) is 16.1 Å². The van der Waals surface area contributed by atoms with Gasteiger partial charge in [0.1, 0.15) is 11.5 Å². The second kappa shape index (κ2) is 11.7. The van der Waals surface area contributed by atoms with Gasteiger partial charge in [-0.05, 0) is 49.1 Å². The number of pyridine rings is 1. The zero-order chi connectivity index (χ0) is 26.2. The Hall–Kier alpha value is -4.94. The molecule has 3 aromatic heterocycles. The van der Waals surface area contributed by atoms with Gasteiger partial charge >= 0.3 is 6.15 Å². The normalized spacial score (nSPS) is 13.2. The van der Waals surface area contributed by atoms with E-state index in [0.29, 0.717) is 29.2 Å². The molecule has 0 atom stereocenters. The summed E-state index contributed by atoms with van der Waals surface area (Å²) in [5.41, 5.74) is 10.0. The lowest BCUT2D eigenvalue weighted by Crippen LogP contribution is -2.33. The Morgan fingerprint density at radius 1 is 1.00 bits per heavy atom. The predicted molar refractivity (Wildman–Crippen MR) is 135 cm³/mol. The average molecular weight is 496 g/mol. The SMILES string of the molecule is CC1CCN(c2cccc(Cn3cc(-c4cc(-c5cccc(C#N)c5)nc(N)n4)nn3)n2)CC1.O=C=O. The van der Waals surface area contributed by atoms with Crippen LogP contribution in [0.3, 0.4) is 0 Å². The van der Waals surface area contributed by atoms with E-state index in [1.165, 1.54) is 12.8 Å². The lowest BCUT2D eigenvalue weighted by atomic mass is 9.99. The third kappa shape index (κ3) is 6.39. The first-order chi connectivity index (χ1) is 18.0. The Bertz CT molecular complexity index is 1450. The molecule has 11 heteroatoms. The molecule has 4 heterocycles. The minimum atomic E-state index is 0.134. The van der Waals surface area contributed by atoms with Gasteiger partial charge in [-0.1, -0.05) is 30.3 Å². The van der Waals surface area contributed by atoms with Gasteiger partial charge in [-0.25, -0.2) is 19.6 Å². The van der Waals surface area contributed by atoms with E-state index < -0.39 is 0 Å². The molecule has 186 valence electrons. The van der Waals surface area contributed by atoms with Gasteiger partial charge in [0.25, 0.3) is 0 Å². The van der Waals surface area contributed by atoms with Crippen LogP contribution < -0.4 is 10.6 Å². The van der Waals surface area contributed by atoms with Crippen molar-refractivity contribution in [3.05, 3.63) is 66.0 Å². The van der Waals surface area contributed by atoms with Crippen LogP contribution >= 0.6 is 0 Å². The first-order valence-electron chi connectivity index (χ1n) is 11.7. The number of hydrogen-bond donors (Lipinski definition) is 1. The molecule has 1 aliphatic rings. The van der Waals surface area contributed by atoms with Gasteiger partial charge in [-0.3, -0.25) is 0 Å². The summed E-state index contributed by atoms with van der Waals surface area (Å²) in [5.74, 6) is 1.92. The van der Waals surface area contributed by atoms with Crippen molar-refractivity contribution in [3.8, 4) is 28.7 Å². The minimum Gasteiger partial charge on any atom is -0.368 e. The Labute approximate surface area is 213 Å². The second-order valence-corrected chi connectivity index (χ2v) is 8.73. The number of nitriles is 1. The van der Waals surface area contributed by atoms with Crippen LogP contribution in [-0.4, -0.2) is 49.2 Å². The minimum absolute atomic E-state index is 0.134. The number of nitrogens with zero attached hydrogens (tertiary/aromatic N) is 8. The van der Waals surface area contributed by atoms with Gasteiger partial charge < -0.3 is 10.6 Å². The molecule has 0 spiro atoms. The lowest BCUT2D eigenvalue weighted by Gasteiger charge is -2.31. The standard InChI is InChI=1S/C25H25N9.CO2/c1-17-8-10-33(11-9-17)24-7-3-6-20(28-24)15-34-16-23(31-32-34)22-13-21(29-25(27)30-22)19-5-2-4-18(12-19)14-26;2-1-3/h2-7,12-13,16-17H,8-11,15H2,1H3,(H2,27,29,30);. The number of piperidine rings is 1. The number of nitrogen functional groups attached to an aromatic ring is 1. The number of nitrogens with two attached hydrogens (primary N) is 1. The third-order valence-corrected chi connectivity index (χ3v) is 6.06. The van der Waals surface area contributed by atoms with E-state index >= 15 is 0 Å². The van der Waals surface area contributed by atoms with Crippen LogP contribution in [0.1, 0.15) is 31.0 Å². The smallest absolute Gasteiger partial charge is 0.368 e. The summed E-state index contributed by atoms with van der Waals surface area (Å²) in [4.78, 5) is 32.1. The van der Waals surface area contributed by atoms with Crippen molar-refractivity contribution in [2.24, 2.45) is 5.92 Å². The molecule has 4 aromatic rings. The van der Waals surface area contributed by atoms with Crippen molar-refractivity contribution in [1.82, 2.24) is 29.9 Å². The van der Waals surface area contributed by atoms with E-state index in [1.54, 1.807) is 22.9 Å². The van der Waals surface area contributed by atoms with Crippen LogP contribution in [0.15, 0.2) is 54.7 Å². The fourth-order valence-corrected chi connectivity index (χ4v) is 4.12. The highest BCUT2D eigenvalue weighted by Gasteiger charge is 2.17. The number of anilines is 2. The van der Waals surface area contributed by atoms with Gasteiger partial charge in [0.2, 0.25) is 5.95 Å². The van der Waals surface area contributed by atoms with E-state index in [-0.39, 0.29) is 12.1 Å². The Morgan fingerprint density at radius 2 is 1.73 bits per heavy atom. The third-order valence-electron chi connectivity index (χ3n) is 6.06. The summed E-state index contributed by atoms with van der Waals surface area (Å²) in [5, 5.41) is 17.7. The summed E-state index contributed by atoms with van der Waals surface area (Å²) in [6.45, 7) is 4.89. The van der Waals surface area contributed by atoms with Crippen LogP contribution in [0.2, 0.25) is 0 Å². The quantitative estimate of drug-likeness (QED) is 0.436. The molecule has 1 saturated heterocycles. The number of rotatable bonds is 5. The van der Waals surface area contributed by atoms with Gasteiger partial charge in [0, 0.05) is 18.7 Å². The van der Waals surface area contributed by atoms with Crippen molar-refractivity contribution in [1.29, 1.82) is 5.26 Å². The van der Waals surface area contributed by atoms with Gasteiger partial charge in [-0.15, -0.1) is 5.10 Å². The largest absolute Gasteiger partial charge is 0.373 e. The maximum absolute atomic E-state index is 9.19. The fraction of sp³-hybridized carbons (Fsp3) is 0.269. The highest BCUT2D eigenvalue weighted by atomic mass is 16.2. The first kappa shape index (κ1) is 25.2. The van der Waals surface area contributed by atoms with Crippen molar-refractivity contribution >= 4 is 17.9 Å². The van der Waals surface area contributed by atoms with Crippen LogP contribution in [0.4, 0.5) is 11.8 Å². The topological polar surface area (TPSA) is 157 Å². The Morgan fingerprint density at radius 3 is 2.49 bits per heavy atom. The zero-order valence-corrected chi connectivity index (χ0v) is 20.3. The number of benzene rings is 1. The van der Waals surface area contributed by atoms with Gasteiger partial charge in [0.05, 0.1) is 41.5 Å². The van der Waals surface area contributed by atoms with Crippen molar-refractivity contribution in [3.63, 3.8) is 0 Å². The van der Waals surface area contributed by atoms with E-state index in [4.69, 9.17) is 20.3 Å². The molecule has 11 nitrogen and oxygen atoms in total. The van der Waals surface area contributed by atoms with Crippen LogP contribution in [0.5, 0.6) is 0 Å². The number of hydrogen-bond acceptors (Lipinski definition) is 10. The fourth-order valence-electron chi connectivity index (χ4n) is 4.12. The maximum Gasteiger partial charge on any atom is 0.373 e. The highest BCUT2D eigenvalue weighted by molar-refractivity contribution is 5.68. The molecule has 0 aliphatic carbocycles. The molecular formula is C26H25N9O2. The van der Waals surface area contributed by atoms with Crippen molar-refractivity contribution < 1.29 is 9.59 Å². The van der Waals surface area contributed by atoms with E-state index in [2.05, 4.69) is 44.2 Å². The van der Waals surface area contributed by atoms with E-state index in [9.17, 15) is 5.26 Å². The van der Waals surface area contributed by atoms with Crippen LogP contribution in [0, 0.1) is 17.2 Å². The van der Waals surface area contributed by atoms with Crippen molar-refractivity contribution in [2.75, 3.05) is 23.7 Å². The maximum atomic E-state index is 9.19. The Balaban J connectivity index is 0.00000102. The molecule has 1 fully saturated rings. The summed E-state index contributed by atoms with van der Waals surface area (Å²) >= 11 is 0. The summed E-state index contributed by atoms with van der Waals surface area (Å²) in [6, 6.07) is 17.3. The molecule has 0 saturated carbocycles. The summed E-state index contributed by atoms with van der Waals surface area (Å²) in [7, 11) is 0. The molecule has 2 N–H and O–H groups in total. The monoisotopic (exact) mass is 495 g/mol. The highest BCUT2D eigenvalue weighted by Crippen LogP contribution is 2.25. The summed E-state index contributed by atoms with van der Waals surface area (Å²) in [6.07, 6.45) is 4.47. The van der Waals surface area contributed by atoms with Crippen molar-refractivity contribution in [2.45, 2.75) is 26.3 Å². The number of aromatic nitrogens is 6. The average Bonchev–Trinajstić information content (AvgIpc) is 3.38. The molecule has 0 unspecified atom stereocenters. The van der Waals surface area contributed by atoms with E-state index in [1.807, 2.05) is 30.5 Å². The molecule has 0 radical (unpaired) electrons. The van der Waals surface area contributed by atoms with Gasteiger partial charge in [0.15, 0.2) is 0 Å². The van der Waals surface area contributed by atoms with Gasteiger partial charge in [-0.2, -0.15) is 14.9 Å². The number of carbonyl (C=O) groups excluding carboxylic acids is 2. The molecule has 5 rings (SSSR count). The van der Waals surface area contributed by atoms with E-state index in [0.717, 1.165) is 36.1 Å². The molecule has 0 bridgehead atoms. The zero-order valence-electron chi connectivity index (χ0n) is 20.3. The lowest BCUT2D eigenvalue weighted by molar-refractivity contribution is -0.191. The molecule has 1 aromatic carbocycles. The molecule has 37 heavy (non-hydrogen) atoms. The first-order valence-corrected chi connectivity index (χ1v) is 11.7. The molecule has 1 aliphatic heterocycles. The molecular weight excluding hydrogens is 470 g/mol. The van der Waals surface area contributed by atoms with Crippen LogP contribution in [0.25, 0.3) is 22.6 Å². The second-order valence-electron chi connectivity index (χ2n) is 8.73. The predicted octanol–water partition coefficient (Wildman–Crippen LogP) is 2.95. The molecule has 0 amide bonds.